The van der Waals surface area contributed by atoms with Gasteiger partial charge in [0.05, 0.1) is 12.2 Å². The Bertz CT molecular complexity index is 301. The predicted octanol–water partition coefficient (Wildman–Crippen LogP) is 0.604. The SMILES string of the molecule is CC(C)(C)OC(CNC(=O)O)[C@H]1OC[C@@H]2O[C@@H]21. The first kappa shape index (κ1) is 12.6. The Morgan fingerprint density at radius 2 is 2.29 bits per heavy atom. The van der Waals surface area contributed by atoms with Crippen molar-refractivity contribution in [2.75, 3.05) is 13.2 Å². The van der Waals surface area contributed by atoms with Crippen molar-refractivity contribution in [3.8, 4) is 0 Å². The van der Waals surface area contributed by atoms with Gasteiger partial charge >= 0.3 is 6.09 Å². The van der Waals surface area contributed by atoms with E-state index < -0.39 is 6.09 Å². The van der Waals surface area contributed by atoms with Gasteiger partial charge < -0.3 is 24.6 Å². The highest BCUT2D eigenvalue weighted by molar-refractivity contribution is 5.64. The van der Waals surface area contributed by atoms with E-state index in [0.29, 0.717) is 6.61 Å². The fraction of sp³-hybridized carbons (Fsp3) is 0.909. The number of carbonyl (C=O) groups is 1. The third-order valence-corrected chi connectivity index (χ3v) is 2.72. The number of hydrogen-bond donors (Lipinski definition) is 2. The van der Waals surface area contributed by atoms with Crippen molar-refractivity contribution < 1.29 is 24.1 Å². The Morgan fingerprint density at radius 1 is 1.59 bits per heavy atom. The van der Waals surface area contributed by atoms with Gasteiger partial charge in [-0.15, -0.1) is 0 Å². The number of rotatable bonds is 4. The molecule has 0 saturated carbocycles. The zero-order chi connectivity index (χ0) is 12.6. The molecule has 2 aliphatic rings. The Hall–Kier alpha value is -0.850. The summed E-state index contributed by atoms with van der Waals surface area (Å²) in [5.41, 5.74) is -0.346. The first-order valence-electron chi connectivity index (χ1n) is 5.78. The number of epoxide rings is 1. The maximum atomic E-state index is 10.5. The van der Waals surface area contributed by atoms with E-state index in [2.05, 4.69) is 5.32 Å². The maximum absolute atomic E-state index is 10.5. The molecule has 2 heterocycles. The van der Waals surface area contributed by atoms with Gasteiger partial charge in [0.2, 0.25) is 0 Å². The minimum absolute atomic E-state index is 0.0675. The highest BCUT2D eigenvalue weighted by Crippen LogP contribution is 2.37. The monoisotopic (exact) mass is 245 g/mol. The van der Waals surface area contributed by atoms with E-state index in [9.17, 15) is 4.79 Å². The summed E-state index contributed by atoms with van der Waals surface area (Å²) >= 11 is 0. The lowest BCUT2D eigenvalue weighted by atomic mass is 10.1. The summed E-state index contributed by atoms with van der Waals surface area (Å²) in [5, 5.41) is 11.0. The van der Waals surface area contributed by atoms with E-state index in [1.54, 1.807) is 0 Å². The number of amides is 1. The van der Waals surface area contributed by atoms with Gasteiger partial charge in [-0.2, -0.15) is 0 Å². The van der Waals surface area contributed by atoms with E-state index in [-0.39, 0.29) is 36.6 Å². The second kappa shape index (κ2) is 4.44. The maximum Gasteiger partial charge on any atom is 0.404 e. The van der Waals surface area contributed by atoms with Crippen LogP contribution in [0.25, 0.3) is 0 Å². The van der Waals surface area contributed by atoms with E-state index in [4.69, 9.17) is 19.3 Å². The van der Waals surface area contributed by atoms with E-state index in [1.807, 2.05) is 20.8 Å². The van der Waals surface area contributed by atoms with Gasteiger partial charge in [0.15, 0.2) is 0 Å². The van der Waals surface area contributed by atoms with Gasteiger partial charge in [-0.3, -0.25) is 0 Å². The second-order valence-corrected chi connectivity index (χ2v) is 5.39. The molecule has 0 aromatic carbocycles. The van der Waals surface area contributed by atoms with Crippen LogP contribution < -0.4 is 5.32 Å². The zero-order valence-electron chi connectivity index (χ0n) is 10.3. The number of nitrogens with one attached hydrogen (secondary N) is 1. The average Bonchev–Trinajstić information content (AvgIpc) is 2.84. The van der Waals surface area contributed by atoms with Crippen molar-refractivity contribution in [2.45, 2.75) is 50.8 Å². The van der Waals surface area contributed by atoms with Crippen LogP contribution in [0.15, 0.2) is 0 Å². The van der Waals surface area contributed by atoms with Gasteiger partial charge in [-0.1, -0.05) is 0 Å². The standard InChI is InChI=1S/C11H19NO5/c1-11(2,3)17-6(4-12-10(13)14)8-9-7(16-9)5-15-8/h6-9,12H,4-5H2,1-3H3,(H,13,14)/t6?,7-,8+,9-/m0/s1. The Labute approximate surface area is 100 Å². The topological polar surface area (TPSA) is 80.3 Å². The van der Waals surface area contributed by atoms with E-state index in [0.717, 1.165) is 0 Å². The molecule has 0 aromatic heterocycles. The summed E-state index contributed by atoms with van der Waals surface area (Å²) in [5.74, 6) is 0. The Morgan fingerprint density at radius 3 is 2.71 bits per heavy atom. The minimum Gasteiger partial charge on any atom is -0.465 e. The molecule has 0 spiro atoms. The molecule has 2 rings (SSSR count). The van der Waals surface area contributed by atoms with Gasteiger partial charge in [0, 0.05) is 6.54 Å². The van der Waals surface area contributed by atoms with Crippen LogP contribution in [0.2, 0.25) is 0 Å². The fourth-order valence-electron chi connectivity index (χ4n) is 2.07. The van der Waals surface area contributed by atoms with Gasteiger partial charge in [-0.05, 0) is 20.8 Å². The largest absolute Gasteiger partial charge is 0.465 e. The first-order valence-corrected chi connectivity index (χ1v) is 5.78. The molecule has 2 N–H and O–H groups in total. The van der Waals surface area contributed by atoms with Crippen LogP contribution in [0.1, 0.15) is 20.8 Å². The molecule has 0 bridgehead atoms. The van der Waals surface area contributed by atoms with Crippen LogP contribution in [-0.4, -0.2) is 54.4 Å². The van der Waals surface area contributed by atoms with Gasteiger partial charge in [0.25, 0.3) is 0 Å². The number of fused-ring (bicyclic) bond motifs is 1. The van der Waals surface area contributed by atoms with Gasteiger partial charge in [0.1, 0.15) is 24.4 Å². The van der Waals surface area contributed by atoms with Crippen LogP contribution in [0, 0.1) is 0 Å². The normalized spacial score (nSPS) is 33.0. The summed E-state index contributed by atoms with van der Waals surface area (Å²) in [7, 11) is 0. The highest BCUT2D eigenvalue weighted by Gasteiger charge is 2.55. The Balaban J connectivity index is 1.93. The third kappa shape index (κ3) is 3.31. The van der Waals surface area contributed by atoms with Crippen LogP contribution in [0.5, 0.6) is 0 Å². The predicted molar refractivity (Wildman–Crippen MR) is 59.1 cm³/mol. The lowest BCUT2D eigenvalue weighted by molar-refractivity contribution is -0.129. The van der Waals surface area contributed by atoms with Gasteiger partial charge in [-0.25, -0.2) is 4.79 Å². The molecule has 2 fully saturated rings. The van der Waals surface area contributed by atoms with Crippen LogP contribution in [0.3, 0.4) is 0 Å². The van der Waals surface area contributed by atoms with Crippen LogP contribution >= 0.6 is 0 Å². The summed E-state index contributed by atoms with van der Waals surface area (Å²) in [6.07, 6.45) is -1.30. The molecule has 6 nitrogen and oxygen atoms in total. The van der Waals surface area contributed by atoms with E-state index in [1.165, 1.54) is 0 Å². The molecule has 98 valence electrons. The number of carboxylic acid groups (broad SMARTS) is 1. The summed E-state index contributed by atoms with van der Waals surface area (Å²) in [4.78, 5) is 10.5. The molecule has 1 unspecified atom stereocenters. The highest BCUT2D eigenvalue weighted by atomic mass is 16.7. The average molecular weight is 245 g/mol. The number of ether oxygens (including phenoxy) is 3. The van der Waals surface area contributed by atoms with Crippen molar-refractivity contribution in [3.05, 3.63) is 0 Å². The molecule has 1 amide bonds. The summed E-state index contributed by atoms with van der Waals surface area (Å²) in [6.45, 7) is 6.58. The number of hydrogen-bond acceptors (Lipinski definition) is 4. The van der Waals surface area contributed by atoms with E-state index >= 15 is 0 Å². The minimum atomic E-state index is -1.06. The van der Waals surface area contributed by atoms with Crippen LogP contribution in [0.4, 0.5) is 4.79 Å². The molecule has 0 aliphatic carbocycles. The molecule has 17 heavy (non-hydrogen) atoms. The molecular weight excluding hydrogens is 226 g/mol. The second-order valence-electron chi connectivity index (χ2n) is 5.39. The lowest BCUT2D eigenvalue weighted by Gasteiger charge is -2.31. The molecule has 6 heteroatoms. The molecule has 0 aromatic rings. The summed E-state index contributed by atoms with van der Waals surface area (Å²) in [6, 6.07) is 0. The van der Waals surface area contributed by atoms with Crippen molar-refractivity contribution in [2.24, 2.45) is 0 Å². The van der Waals surface area contributed by atoms with Crippen LogP contribution in [-0.2, 0) is 14.2 Å². The molecule has 0 radical (unpaired) electrons. The molecule has 4 atom stereocenters. The first-order chi connectivity index (χ1) is 7.87. The fourth-order valence-corrected chi connectivity index (χ4v) is 2.07. The Kier molecular flexibility index (Phi) is 3.29. The van der Waals surface area contributed by atoms with Crippen molar-refractivity contribution >= 4 is 6.09 Å². The van der Waals surface area contributed by atoms with Crippen molar-refractivity contribution in [3.63, 3.8) is 0 Å². The quantitative estimate of drug-likeness (QED) is 0.709. The molecule has 2 aliphatic heterocycles. The van der Waals surface area contributed by atoms with Crippen molar-refractivity contribution in [1.29, 1.82) is 0 Å². The smallest absolute Gasteiger partial charge is 0.404 e. The van der Waals surface area contributed by atoms with Crippen molar-refractivity contribution in [1.82, 2.24) is 5.32 Å². The molecular formula is C11H19NO5. The molecule has 2 saturated heterocycles. The lowest BCUT2D eigenvalue weighted by Crippen LogP contribution is -2.46. The summed E-state index contributed by atoms with van der Waals surface area (Å²) < 4.78 is 16.8. The zero-order valence-corrected chi connectivity index (χ0v) is 10.3. The third-order valence-electron chi connectivity index (χ3n) is 2.72.